The van der Waals surface area contributed by atoms with Crippen molar-refractivity contribution in [2.45, 2.75) is 26.3 Å². The van der Waals surface area contributed by atoms with E-state index in [2.05, 4.69) is 5.32 Å². The molecule has 0 unspecified atom stereocenters. The highest BCUT2D eigenvalue weighted by molar-refractivity contribution is 5.83. The summed E-state index contributed by atoms with van der Waals surface area (Å²) in [5, 5.41) is 13.3. The summed E-state index contributed by atoms with van der Waals surface area (Å²) in [4.78, 5) is 22.7. The number of hydrogen-bond acceptors (Lipinski definition) is 5. The van der Waals surface area contributed by atoms with E-state index in [0.29, 0.717) is 17.9 Å². The van der Waals surface area contributed by atoms with Gasteiger partial charge in [0.2, 0.25) is 0 Å². The Morgan fingerprint density at radius 1 is 1.29 bits per heavy atom. The van der Waals surface area contributed by atoms with Crippen molar-refractivity contribution in [3.8, 4) is 11.5 Å². The monoisotopic (exact) mass is 294 g/mol. The number of carbonyl (C=O) groups is 2. The molecule has 116 valence electrons. The maximum atomic E-state index is 11.7. The molecular formula is C15H20NO5-. The summed E-state index contributed by atoms with van der Waals surface area (Å²) in [6.45, 7) is 3.47. The van der Waals surface area contributed by atoms with Gasteiger partial charge in [0, 0.05) is 6.07 Å². The highest BCUT2D eigenvalue weighted by atomic mass is 16.5. The molecule has 0 radical (unpaired) electrons. The minimum Gasteiger partial charge on any atom is -0.548 e. The summed E-state index contributed by atoms with van der Waals surface area (Å²) in [7, 11) is 1.53. The normalized spacial score (nSPS) is 11.8. The van der Waals surface area contributed by atoms with E-state index in [0.717, 1.165) is 0 Å². The third-order valence-electron chi connectivity index (χ3n) is 2.74. The Bertz CT molecular complexity index is 487. The van der Waals surface area contributed by atoms with Crippen molar-refractivity contribution in [2.24, 2.45) is 5.92 Å². The van der Waals surface area contributed by atoms with E-state index in [1.807, 2.05) is 13.8 Å². The molecule has 6 heteroatoms. The number of benzene rings is 1. The van der Waals surface area contributed by atoms with Gasteiger partial charge in [0.15, 0.2) is 6.61 Å². The predicted octanol–water partition coefficient (Wildman–Crippen LogP) is 0.355. The second-order valence-electron chi connectivity index (χ2n) is 5.04. The van der Waals surface area contributed by atoms with Crippen molar-refractivity contribution < 1.29 is 24.2 Å². The average Bonchev–Trinajstić information content (AvgIpc) is 2.44. The van der Waals surface area contributed by atoms with Gasteiger partial charge in [-0.15, -0.1) is 0 Å². The van der Waals surface area contributed by atoms with E-state index < -0.39 is 17.9 Å². The minimum absolute atomic E-state index is 0.132. The predicted molar refractivity (Wildman–Crippen MR) is 74.9 cm³/mol. The summed E-state index contributed by atoms with van der Waals surface area (Å²) >= 11 is 0. The van der Waals surface area contributed by atoms with Crippen LogP contribution in [0.1, 0.15) is 20.3 Å². The molecule has 0 saturated heterocycles. The Balaban J connectivity index is 2.50. The van der Waals surface area contributed by atoms with Crippen LogP contribution in [0.15, 0.2) is 24.3 Å². The zero-order valence-corrected chi connectivity index (χ0v) is 12.4. The van der Waals surface area contributed by atoms with Crippen LogP contribution in [-0.4, -0.2) is 31.6 Å². The van der Waals surface area contributed by atoms with Gasteiger partial charge in [-0.3, -0.25) is 4.79 Å². The molecule has 0 fully saturated rings. The van der Waals surface area contributed by atoms with Gasteiger partial charge in [0.05, 0.1) is 19.1 Å². The van der Waals surface area contributed by atoms with E-state index in [1.165, 1.54) is 7.11 Å². The summed E-state index contributed by atoms with van der Waals surface area (Å²) in [6.07, 6.45) is 0.313. The summed E-state index contributed by atoms with van der Waals surface area (Å²) in [6, 6.07) is 5.79. The number of aliphatic carboxylic acids is 1. The second kappa shape index (κ2) is 8.14. The van der Waals surface area contributed by atoms with Gasteiger partial charge in [-0.2, -0.15) is 0 Å². The Morgan fingerprint density at radius 3 is 2.52 bits per heavy atom. The molecule has 0 aliphatic carbocycles. The highest BCUT2D eigenvalue weighted by Crippen LogP contribution is 2.18. The number of methoxy groups -OCH3 is 1. The third-order valence-corrected chi connectivity index (χ3v) is 2.74. The van der Waals surface area contributed by atoms with E-state index in [1.54, 1.807) is 24.3 Å². The molecule has 0 saturated carbocycles. The molecule has 21 heavy (non-hydrogen) atoms. The first-order valence-electron chi connectivity index (χ1n) is 6.69. The molecule has 1 rings (SSSR count). The van der Waals surface area contributed by atoms with Crippen LogP contribution in [0.25, 0.3) is 0 Å². The van der Waals surface area contributed by atoms with Gasteiger partial charge < -0.3 is 24.7 Å². The van der Waals surface area contributed by atoms with E-state index in [4.69, 9.17) is 9.47 Å². The molecule has 0 spiro atoms. The average molecular weight is 294 g/mol. The van der Waals surface area contributed by atoms with Crippen molar-refractivity contribution in [3.63, 3.8) is 0 Å². The van der Waals surface area contributed by atoms with Crippen molar-refractivity contribution in [3.05, 3.63) is 24.3 Å². The van der Waals surface area contributed by atoms with Crippen molar-refractivity contribution in [2.75, 3.05) is 13.7 Å². The van der Waals surface area contributed by atoms with Gasteiger partial charge in [-0.25, -0.2) is 0 Å². The number of ether oxygens (including phenoxy) is 2. The first kappa shape index (κ1) is 16.8. The molecule has 1 N–H and O–H groups in total. The third kappa shape index (κ3) is 6.16. The molecular weight excluding hydrogens is 274 g/mol. The van der Waals surface area contributed by atoms with Crippen LogP contribution >= 0.6 is 0 Å². The minimum atomic E-state index is -1.29. The maximum absolute atomic E-state index is 11.7. The fourth-order valence-corrected chi connectivity index (χ4v) is 1.76. The largest absolute Gasteiger partial charge is 0.548 e. The molecule has 6 nitrogen and oxygen atoms in total. The molecule has 1 aromatic carbocycles. The SMILES string of the molecule is COc1cccc(OCC(=O)N[C@H](CC(C)C)C(=O)[O-])c1. The summed E-state index contributed by atoms with van der Waals surface area (Å²) in [5.41, 5.74) is 0. The zero-order chi connectivity index (χ0) is 15.8. The molecule has 0 aliphatic heterocycles. The van der Waals surface area contributed by atoms with Crippen LogP contribution in [0.2, 0.25) is 0 Å². The number of rotatable bonds is 8. The van der Waals surface area contributed by atoms with Crippen molar-refractivity contribution >= 4 is 11.9 Å². The zero-order valence-electron chi connectivity index (χ0n) is 12.4. The molecule has 1 atom stereocenters. The topological polar surface area (TPSA) is 87.7 Å². The van der Waals surface area contributed by atoms with Crippen LogP contribution in [0.3, 0.4) is 0 Å². The highest BCUT2D eigenvalue weighted by Gasteiger charge is 2.15. The van der Waals surface area contributed by atoms with Gasteiger partial charge in [0.25, 0.3) is 5.91 Å². The fourth-order valence-electron chi connectivity index (χ4n) is 1.76. The van der Waals surface area contributed by atoms with Gasteiger partial charge in [-0.1, -0.05) is 19.9 Å². The molecule has 0 aliphatic rings. The quantitative estimate of drug-likeness (QED) is 0.747. The lowest BCUT2D eigenvalue weighted by Crippen LogP contribution is -2.49. The molecule has 0 heterocycles. The number of amides is 1. The Kier molecular flexibility index (Phi) is 6.52. The van der Waals surface area contributed by atoms with E-state index in [9.17, 15) is 14.7 Å². The maximum Gasteiger partial charge on any atom is 0.258 e. The van der Waals surface area contributed by atoms with Gasteiger partial charge in [0.1, 0.15) is 11.5 Å². The van der Waals surface area contributed by atoms with Crippen LogP contribution in [-0.2, 0) is 9.59 Å². The molecule has 0 bridgehead atoms. The van der Waals surface area contributed by atoms with Crippen LogP contribution in [0.5, 0.6) is 11.5 Å². The number of carboxylic acids is 1. The number of carboxylic acid groups (broad SMARTS) is 1. The Labute approximate surface area is 124 Å². The van der Waals surface area contributed by atoms with Crippen LogP contribution in [0, 0.1) is 5.92 Å². The lowest BCUT2D eigenvalue weighted by Gasteiger charge is -2.21. The first-order valence-corrected chi connectivity index (χ1v) is 6.69. The number of nitrogens with one attached hydrogen (secondary N) is 1. The Hall–Kier alpha value is -2.24. The standard InChI is InChI=1S/C15H21NO5/c1-10(2)7-13(15(18)19)16-14(17)9-21-12-6-4-5-11(8-12)20-3/h4-6,8,10,13H,7,9H2,1-3H3,(H,16,17)(H,18,19)/p-1/t13-/m1/s1. The number of carbonyl (C=O) groups excluding carboxylic acids is 2. The first-order chi connectivity index (χ1) is 9.92. The molecule has 0 aromatic heterocycles. The lowest BCUT2D eigenvalue weighted by atomic mass is 10.0. The fraction of sp³-hybridized carbons (Fsp3) is 0.467. The Morgan fingerprint density at radius 2 is 1.95 bits per heavy atom. The smallest absolute Gasteiger partial charge is 0.258 e. The van der Waals surface area contributed by atoms with Gasteiger partial charge in [-0.05, 0) is 24.5 Å². The number of hydrogen-bond donors (Lipinski definition) is 1. The van der Waals surface area contributed by atoms with Gasteiger partial charge >= 0.3 is 0 Å². The van der Waals surface area contributed by atoms with Crippen LogP contribution in [0.4, 0.5) is 0 Å². The van der Waals surface area contributed by atoms with Crippen molar-refractivity contribution in [1.82, 2.24) is 5.32 Å². The molecule has 1 aromatic rings. The molecule has 1 amide bonds. The van der Waals surface area contributed by atoms with E-state index in [-0.39, 0.29) is 12.5 Å². The summed E-state index contributed by atoms with van der Waals surface area (Å²) < 4.78 is 10.3. The second-order valence-corrected chi connectivity index (χ2v) is 5.04. The summed E-state index contributed by atoms with van der Waals surface area (Å²) in [5.74, 6) is -0.586. The van der Waals surface area contributed by atoms with E-state index >= 15 is 0 Å². The van der Waals surface area contributed by atoms with Crippen LogP contribution < -0.4 is 19.9 Å². The van der Waals surface area contributed by atoms with Crippen molar-refractivity contribution in [1.29, 1.82) is 0 Å². The lowest BCUT2D eigenvalue weighted by molar-refractivity contribution is -0.308.